The Balaban J connectivity index is 0.000000257. The van der Waals surface area contributed by atoms with Crippen molar-refractivity contribution >= 4 is 37.1 Å². The molecule has 0 N–H and O–H groups in total. The molecule has 25 heavy (non-hydrogen) atoms. The van der Waals surface area contributed by atoms with E-state index in [0.29, 0.717) is 0 Å². The second-order valence-corrected chi connectivity index (χ2v) is 6.16. The van der Waals surface area contributed by atoms with E-state index in [2.05, 4.69) is 58.9 Å². The van der Waals surface area contributed by atoms with Crippen molar-refractivity contribution in [2.75, 3.05) is 20.4 Å². The molecule has 4 nitrogen and oxygen atoms in total. The van der Waals surface area contributed by atoms with Crippen LogP contribution in [0.4, 0.5) is 0 Å². The molecule has 1 unspecified atom stereocenters. The van der Waals surface area contributed by atoms with Gasteiger partial charge in [0.05, 0.1) is 25.3 Å². The average molecular weight is 425 g/mol. The predicted octanol–water partition coefficient (Wildman–Crippen LogP) is 4.26. The third-order valence-electron chi connectivity index (χ3n) is 3.35. The average Bonchev–Trinajstić information content (AvgIpc) is 2.68. The highest BCUT2D eigenvalue weighted by atomic mass is 79.9. The number of esters is 2. The lowest BCUT2D eigenvalue weighted by Gasteiger charge is -2.04. The molecule has 1 atom stereocenters. The highest BCUT2D eigenvalue weighted by molar-refractivity contribution is 9.08. The van der Waals surface area contributed by atoms with Crippen LogP contribution in [-0.2, 0) is 21.2 Å². The van der Waals surface area contributed by atoms with Crippen molar-refractivity contribution in [1.82, 2.24) is 0 Å². The summed E-state index contributed by atoms with van der Waals surface area (Å²) in [6.07, 6.45) is 2.31. The third kappa shape index (κ3) is 6.97. The molecule has 0 saturated heterocycles. The summed E-state index contributed by atoms with van der Waals surface area (Å²) in [5.41, 5.74) is 3.19. The van der Waals surface area contributed by atoms with E-state index in [1.807, 2.05) is 0 Å². The van der Waals surface area contributed by atoms with Gasteiger partial charge >= 0.3 is 11.9 Å². The normalized spacial score (nSPS) is 9.60. The van der Waals surface area contributed by atoms with Crippen molar-refractivity contribution in [3.63, 3.8) is 0 Å². The summed E-state index contributed by atoms with van der Waals surface area (Å²) in [6, 6.07) is 15.1. The SMILES string of the molecule is COC(=O)c1ccccc1C(=O)OC.PCCc1ccc(CBr)cc1. The molecule has 0 fully saturated rings. The topological polar surface area (TPSA) is 52.6 Å². The molecule has 0 bridgehead atoms. The number of methoxy groups -OCH3 is 2. The van der Waals surface area contributed by atoms with Crippen LogP contribution < -0.4 is 0 Å². The van der Waals surface area contributed by atoms with E-state index in [0.717, 1.165) is 17.9 Å². The lowest BCUT2D eigenvalue weighted by molar-refractivity contribution is 0.0555. The minimum Gasteiger partial charge on any atom is -0.465 e. The Kier molecular flexibility index (Phi) is 10.0. The fourth-order valence-electron chi connectivity index (χ4n) is 2.02. The minimum atomic E-state index is -0.550. The molecule has 0 aliphatic rings. The molecule has 0 amide bonds. The van der Waals surface area contributed by atoms with Crippen molar-refractivity contribution in [3.8, 4) is 0 Å². The summed E-state index contributed by atoms with van der Waals surface area (Å²) < 4.78 is 9.05. The number of rotatable bonds is 5. The number of hydrogen-bond donors (Lipinski definition) is 0. The first-order chi connectivity index (χ1) is 12.1. The number of alkyl halides is 1. The maximum atomic E-state index is 11.2. The van der Waals surface area contributed by atoms with Crippen LogP contribution in [0.15, 0.2) is 48.5 Å². The minimum absolute atomic E-state index is 0.210. The largest absolute Gasteiger partial charge is 0.465 e. The summed E-state index contributed by atoms with van der Waals surface area (Å²) >= 11 is 3.42. The lowest BCUT2D eigenvalue weighted by atomic mass is 10.1. The second-order valence-electron chi connectivity index (χ2n) is 5.02. The Morgan fingerprint density at radius 1 is 0.880 bits per heavy atom. The number of ether oxygens (including phenoxy) is 2. The van der Waals surface area contributed by atoms with Crippen molar-refractivity contribution < 1.29 is 19.1 Å². The molecule has 0 heterocycles. The number of benzene rings is 2. The van der Waals surface area contributed by atoms with E-state index in [1.54, 1.807) is 12.1 Å². The van der Waals surface area contributed by atoms with Gasteiger partial charge < -0.3 is 9.47 Å². The van der Waals surface area contributed by atoms with Gasteiger partial charge in [0, 0.05) is 5.33 Å². The number of aryl methyl sites for hydroxylation is 1. The van der Waals surface area contributed by atoms with Gasteiger partial charge in [-0.05, 0) is 35.8 Å². The number of hydrogen-bond acceptors (Lipinski definition) is 4. The van der Waals surface area contributed by atoms with Crippen LogP contribution in [0.3, 0.4) is 0 Å². The van der Waals surface area contributed by atoms with Gasteiger partial charge in [0.1, 0.15) is 0 Å². The summed E-state index contributed by atoms with van der Waals surface area (Å²) in [7, 11) is 5.26. The van der Waals surface area contributed by atoms with E-state index < -0.39 is 11.9 Å². The first-order valence-corrected chi connectivity index (χ1v) is 9.60. The molecule has 2 aromatic rings. The summed E-state index contributed by atoms with van der Waals surface area (Å²) in [5.74, 6) is -1.10. The van der Waals surface area contributed by atoms with Crippen LogP contribution in [-0.4, -0.2) is 32.3 Å². The van der Waals surface area contributed by atoms with E-state index in [9.17, 15) is 9.59 Å². The van der Waals surface area contributed by atoms with Crippen molar-refractivity contribution in [1.29, 1.82) is 0 Å². The van der Waals surface area contributed by atoms with E-state index in [4.69, 9.17) is 0 Å². The number of carbonyl (C=O) groups is 2. The predicted molar refractivity (Wildman–Crippen MR) is 106 cm³/mol. The highest BCUT2D eigenvalue weighted by Gasteiger charge is 2.16. The first-order valence-electron chi connectivity index (χ1n) is 7.66. The number of carbonyl (C=O) groups excluding carboxylic acids is 2. The van der Waals surface area contributed by atoms with Crippen molar-refractivity contribution in [2.24, 2.45) is 0 Å². The Hall–Kier alpha value is -1.71. The van der Waals surface area contributed by atoms with E-state index in [1.165, 1.54) is 37.5 Å². The standard InChI is InChI=1S/C10H10O4.C9H12BrP/c1-13-9(11)7-5-3-4-6-8(7)10(12)14-2;10-7-9-3-1-8(2-4-9)5-6-11/h3-6H,1-2H3;1-4H,5-7,11H2. The Morgan fingerprint density at radius 3 is 1.68 bits per heavy atom. The van der Waals surface area contributed by atoms with Crippen LogP contribution in [0, 0.1) is 0 Å². The molecule has 0 spiro atoms. The molecule has 2 rings (SSSR count). The van der Waals surface area contributed by atoms with Gasteiger partial charge in [-0.1, -0.05) is 52.3 Å². The van der Waals surface area contributed by atoms with Gasteiger partial charge in [0.25, 0.3) is 0 Å². The summed E-state index contributed by atoms with van der Waals surface area (Å²) in [4.78, 5) is 22.4. The van der Waals surface area contributed by atoms with Gasteiger partial charge in [-0.25, -0.2) is 9.59 Å². The van der Waals surface area contributed by atoms with E-state index in [-0.39, 0.29) is 11.1 Å². The maximum absolute atomic E-state index is 11.2. The van der Waals surface area contributed by atoms with Gasteiger partial charge in [-0.3, -0.25) is 0 Å². The molecule has 0 radical (unpaired) electrons. The Labute approximate surface area is 159 Å². The maximum Gasteiger partial charge on any atom is 0.338 e. The fourth-order valence-corrected chi connectivity index (χ4v) is 2.73. The van der Waals surface area contributed by atoms with Crippen molar-refractivity contribution in [2.45, 2.75) is 11.8 Å². The van der Waals surface area contributed by atoms with Crippen LogP contribution in [0.2, 0.25) is 0 Å². The van der Waals surface area contributed by atoms with Crippen LogP contribution >= 0.6 is 25.2 Å². The molecule has 0 saturated carbocycles. The van der Waals surface area contributed by atoms with Gasteiger partial charge in [0.2, 0.25) is 0 Å². The van der Waals surface area contributed by atoms with Crippen molar-refractivity contribution in [3.05, 3.63) is 70.8 Å². The molecule has 134 valence electrons. The van der Waals surface area contributed by atoms with Gasteiger partial charge in [-0.2, -0.15) is 0 Å². The lowest BCUT2D eigenvalue weighted by Crippen LogP contribution is -2.11. The highest BCUT2D eigenvalue weighted by Crippen LogP contribution is 2.11. The molecule has 6 heteroatoms. The van der Waals surface area contributed by atoms with Gasteiger partial charge in [0.15, 0.2) is 0 Å². The third-order valence-corrected chi connectivity index (χ3v) is 4.28. The zero-order chi connectivity index (χ0) is 18.7. The molecule has 0 aliphatic carbocycles. The fraction of sp³-hybridized carbons (Fsp3) is 0.263. The van der Waals surface area contributed by atoms with Crippen LogP contribution in [0.5, 0.6) is 0 Å². The van der Waals surface area contributed by atoms with Crippen LogP contribution in [0.1, 0.15) is 31.8 Å². The monoisotopic (exact) mass is 424 g/mol. The summed E-state index contributed by atoms with van der Waals surface area (Å²) in [6.45, 7) is 0. The molecule has 0 aliphatic heterocycles. The Bertz CT molecular complexity index is 651. The molecule has 2 aromatic carbocycles. The molecule has 0 aromatic heterocycles. The van der Waals surface area contributed by atoms with Crippen LogP contribution in [0.25, 0.3) is 0 Å². The number of halogens is 1. The molecular formula is C19H22BrO4P. The first kappa shape index (κ1) is 21.3. The van der Waals surface area contributed by atoms with Gasteiger partial charge in [-0.15, -0.1) is 9.24 Å². The second kappa shape index (κ2) is 11.8. The smallest absolute Gasteiger partial charge is 0.338 e. The Morgan fingerprint density at radius 2 is 1.32 bits per heavy atom. The zero-order valence-corrected chi connectivity index (χ0v) is 17.1. The van der Waals surface area contributed by atoms with E-state index >= 15 is 0 Å². The zero-order valence-electron chi connectivity index (χ0n) is 14.3. The quantitative estimate of drug-likeness (QED) is 0.408. The summed E-state index contributed by atoms with van der Waals surface area (Å²) in [5, 5.41) is 0.953. The molecular weight excluding hydrogens is 403 g/mol.